The molecule has 0 amide bonds. The number of hydrogen-bond donors (Lipinski definition) is 1. The van der Waals surface area contributed by atoms with Gasteiger partial charge in [-0.05, 0) is 30.5 Å². The van der Waals surface area contributed by atoms with Crippen molar-refractivity contribution < 1.29 is 4.52 Å². The van der Waals surface area contributed by atoms with E-state index in [4.69, 9.17) is 4.52 Å². The molecule has 0 saturated heterocycles. The monoisotopic (exact) mass is 297 g/mol. The molecule has 0 bridgehead atoms. The lowest BCUT2D eigenvalue weighted by atomic mass is 10.1. The van der Waals surface area contributed by atoms with Crippen molar-refractivity contribution in [2.45, 2.75) is 20.3 Å². The highest BCUT2D eigenvalue weighted by molar-refractivity contribution is 5.53. The summed E-state index contributed by atoms with van der Waals surface area (Å²) in [6.07, 6.45) is 2.39. The minimum absolute atomic E-state index is 0.205. The minimum atomic E-state index is -0.425. The Morgan fingerprint density at radius 2 is 2.09 bits per heavy atom. The molecule has 7 heteroatoms. The van der Waals surface area contributed by atoms with Crippen molar-refractivity contribution in [3.8, 4) is 23.1 Å². The molecular weight excluding hydrogens is 282 g/mol. The van der Waals surface area contributed by atoms with Crippen LogP contribution < -0.4 is 5.69 Å². The first-order chi connectivity index (χ1) is 10.6. The first kappa shape index (κ1) is 14.1. The van der Waals surface area contributed by atoms with Gasteiger partial charge in [-0.2, -0.15) is 9.97 Å². The Morgan fingerprint density at radius 1 is 1.23 bits per heavy atom. The average molecular weight is 297 g/mol. The zero-order valence-corrected chi connectivity index (χ0v) is 12.3. The van der Waals surface area contributed by atoms with Crippen molar-refractivity contribution >= 4 is 0 Å². The van der Waals surface area contributed by atoms with Gasteiger partial charge in [0.05, 0.1) is 0 Å². The molecule has 0 fully saturated rings. The van der Waals surface area contributed by atoms with Crippen LogP contribution in [0.2, 0.25) is 0 Å². The number of aromatic amines is 1. The van der Waals surface area contributed by atoms with Crippen molar-refractivity contribution in [2.24, 2.45) is 5.92 Å². The topological polar surface area (TPSA) is 97.6 Å². The third kappa shape index (κ3) is 3.08. The van der Waals surface area contributed by atoms with Gasteiger partial charge in [-0.3, -0.25) is 4.98 Å². The van der Waals surface area contributed by atoms with E-state index in [9.17, 15) is 4.79 Å². The van der Waals surface area contributed by atoms with Gasteiger partial charge in [0.15, 0.2) is 0 Å². The van der Waals surface area contributed by atoms with Gasteiger partial charge in [-0.15, -0.1) is 0 Å². The van der Waals surface area contributed by atoms with Crippen LogP contribution in [0.4, 0.5) is 0 Å². The lowest BCUT2D eigenvalue weighted by molar-refractivity contribution is 0.430. The van der Waals surface area contributed by atoms with Crippen LogP contribution >= 0.6 is 0 Å². The molecule has 22 heavy (non-hydrogen) atoms. The van der Waals surface area contributed by atoms with Crippen LogP contribution in [0.5, 0.6) is 0 Å². The van der Waals surface area contributed by atoms with Crippen LogP contribution in [0.15, 0.2) is 39.8 Å². The van der Waals surface area contributed by atoms with E-state index in [-0.39, 0.29) is 5.89 Å². The summed E-state index contributed by atoms with van der Waals surface area (Å²) < 4.78 is 5.20. The van der Waals surface area contributed by atoms with E-state index in [1.807, 2.05) is 6.07 Å². The second-order valence-corrected chi connectivity index (χ2v) is 5.33. The molecule has 0 unspecified atom stereocenters. The van der Waals surface area contributed by atoms with Crippen molar-refractivity contribution in [2.75, 3.05) is 0 Å². The number of nitrogens with one attached hydrogen (secondary N) is 1. The molecule has 0 aromatic carbocycles. The highest BCUT2D eigenvalue weighted by atomic mass is 16.5. The molecule has 3 aromatic heterocycles. The Kier molecular flexibility index (Phi) is 3.78. The molecule has 112 valence electrons. The first-order valence-corrected chi connectivity index (χ1v) is 6.97. The normalized spacial score (nSPS) is 11.0. The van der Waals surface area contributed by atoms with Gasteiger partial charge in [0.1, 0.15) is 11.4 Å². The van der Waals surface area contributed by atoms with Crippen molar-refractivity contribution in [3.05, 3.63) is 46.6 Å². The van der Waals surface area contributed by atoms with E-state index in [1.54, 1.807) is 24.4 Å². The zero-order valence-electron chi connectivity index (χ0n) is 12.3. The molecule has 3 heterocycles. The van der Waals surface area contributed by atoms with Crippen LogP contribution in [0, 0.1) is 5.92 Å². The fraction of sp³-hybridized carbons (Fsp3) is 0.267. The average Bonchev–Trinajstić information content (AvgIpc) is 2.96. The summed E-state index contributed by atoms with van der Waals surface area (Å²) in [5.74, 6) is 0.984. The van der Waals surface area contributed by atoms with E-state index in [2.05, 4.69) is 38.9 Å². The van der Waals surface area contributed by atoms with Gasteiger partial charge in [-0.25, -0.2) is 4.79 Å². The third-order valence-corrected chi connectivity index (χ3v) is 2.97. The molecule has 0 atom stereocenters. The Bertz CT molecular complexity index is 823. The van der Waals surface area contributed by atoms with Crippen LogP contribution in [-0.4, -0.2) is 25.1 Å². The molecular formula is C15H15N5O2. The summed E-state index contributed by atoms with van der Waals surface area (Å²) in [6.45, 7) is 4.15. The molecule has 0 aliphatic heterocycles. The second-order valence-electron chi connectivity index (χ2n) is 5.33. The Labute approximate surface area is 126 Å². The molecule has 0 spiro atoms. The maximum Gasteiger partial charge on any atom is 0.345 e. The van der Waals surface area contributed by atoms with Crippen LogP contribution in [-0.2, 0) is 6.42 Å². The lowest BCUT2D eigenvalue weighted by Gasteiger charge is -2.04. The number of pyridine rings is 1. The van der Waals surface area contributed by atoms with Crippen LogP contribution in [0.1, 0.15) is 19.5 Å². The molecule has 1 N–H and O–H groups in total. The largest absolute Gasteiger partial charge is 0.345 e. The quantitative estimate of drug-likeness (QED) is 0.791. The summed E-state index contributed by atoms with van der Waals surface area (Å²) in [4.78, 5) is 26.7. The molecule has 3 aromatic rings. The van der Waals surface area contributed by atoms with E-state index >= 15 is 0 Å². The van der Waals surface area contributed by atoms with E-state index < -0.39 is 5.69 Å². The Balaban J connectivity index is 1.96. The van der Waals surface area contributed by atoms with E-state index in [0.29, 0.717) is 23.1 Å². The fourth-order valence-electron chi connectivity index (χ4n) is 2.09. The van der Waals surface area contributed by atoms with Gasteiger partial charge in [0, 0.05) is 11.9 Å². The summed E-state index contributed by atoms with van der Waals surface area (Å²) in [5.41, 5.74) is 1.34. The molecule has 7 nitrogen and oxygen atoms in total. The van der Waals surface area contributed by atoms with E-state index in [0.717, 1.165) is 12.1 Å². The Hall–Kier alpha value is -2.83. The number of nitrogens with zero attached hydrogens (tertiary/aromatic N) is 4. The summed E-state index contributed by atoms with van der Waals surface area (Å²) in [7, 11) is 0. The Morgan fingerprint density at radius 3 is 2.82 bits per heavy atom. The number of aromatic nitrogens is 5. The third-order valence-electron chi connectivity index (χ3n) is 2.97. The number of H-pyrrole nitrogens is 1. The molecule has 0 aliphatic rings. The predicted molar refractivity (Wildman–Crippen MR) is 79.9 cm³/mol. The summed E-state index contributed by atoms with van der Waals surface area (Å²) >= 11 is 0. The SMILES string of the molecule is CC(C)Cc1cc(-c2nc(-c3ccccn3)no2)nc(=O)[nH]1. The number of rotatable bonds is 4. The molecule has 3 rings (SSSR count). The predicted octanol–water partition coefficient (Wildman–Crippen LogP) is 2.08. The van der Waals surface area contributed by atoms with Gasteiger partial charge < -0.3 is 9.51 Å². The van der Waals surface area contributed by atoms with Crippen molar-refractivity contribution in [1.29, 1.82) is 0 Å². The second kappa shape index (κ2) is 5.88. The van der Waals surface area contributed by atoms with Gasteiger partial charge in [0.2, 0.25) is 5.82 Å². The zero-order chi connectivity index (χ0) is 15.5. The highest BCUT2D eigenvalue weighted by Gasteiger charge is 2.14. The fourth-order valence-corrected chi connectivity index (χ4v) is 2.09. The van der Waals surface area contributed by atoms with Crippen LogP contribution in [0.25, 0.3) is 23.1 Å². The molecule has 0 saturated carbocycles. The summed E-state index contributed by atoms with van der Waals surface area (Å²) in [6, 6.07) is 7.19. The van der Waals surface area contributed by atoms with E-state index in [1.165, 1.54) is 0 Å². The maximum absolute atomic E-state index is 11.7. The van der Waals surface area contributed by atoms with Crippen LogP contribution in [0.3, 0.4) is 0 Å². The minimum Gasteiger partial charge on any atom is -0.332 e. The maximum atomic E-state index is 11.7. The highest BCUT2D eigenvalue weighted by Crippen LogP contribution is 2.19. The van der Waals surface area contributed by atoms with Crippen molar-refractivity contribution in [3.63, 3.8) is 0 Å². The standard InChI is InChI=1S/C15H15N5O2/c1-9(2)7-10-8-12(18-15(21)17-10)14-19-13(20-22-14)11-5-3-4-6-16-11/h3-6,8-9H,7H2,1-2H3,(H,17,18,21). The van der Waals surface area contributed by atoms with Gasteiger partial charge in [0.25, 0.3) is 5.89 Å². The molecule has 0 aliphatic carbocycles. The lowest BCUT2D eigenvalue weighted by Crippen LogP contribution is -2.14. The van der Waals surface area contributed by atoms with Crippen molar-refractivity contribution in [1.82, 2.24) is 25.1 Å². The van der Waals surface area contributed by atoms with Gasteiger partial charge in [-0.1, -0.05) is 25.1 Å². The smallest absolute Gasteiger partial charge is 0.332 e. The first-order valence-electron chi connectivity index (χ1n) is 6.97. The molecule has 0 radical (unpaired) electrons. The summed E-state index contributed by atoms with van der Waals surface area (Å²) in [5, 5.41) is 3.88. The number of hydrogen-bond acceptors (Lipinski definition) is 6. The van der Waals surface area contributed by atoms with Gasteiger partial charge >= 0.3 is 5.69 Å².